The molecule has 0 atom stereocenters. The minimum atomic E-state index is -0.112. The monoisotopic (exact) mass is 345 g/mol. The zero-order valence-electron chi connectivity index (χ0n) is 12.5. The van der Waals surface area contributed by atoms with Crippen LogP contribution in [0.15, 0.2) is 42.3 Å². The Labute approximate surface area is 141 Å². The Morgan fingerprint density at radius 1 is 1.52 bits per heavy atom. The van der Waals surface area contributed by atoms with Gasteiger partial charge in [0.2, 0.25) is 5.91 Å². The van der Waals surface area contributed by atoms with E-state index in [1.807, 2.05) is 23.6 Å². The first kappa shape index (κ1) is 15.7. The number of hydrogen-bond donors (Lipinski definition) is 1. The van der Waals surface area contributed by atoms with Crippen LogP contribution in [0, 0.1) is 6.92 Å². The summed E-state index contributed by atoms with van der Waals surface area (Å²) in [6.45, 7) is 6.34. The highest BCUT2D eigenvalue weighted by atomic mass is 32.2. The third kappa shape index (κ3) is 3.77. The van der Waals surface area contributed by atoms with Crippen LogP contribution in [0.25, 0.3) is 10.2 Å². The van der Waals surface area contributed by atoms with Crippen molar-refractivity contribution in [3.8, 4) is 0 Å². The lowest BCUT2D eigenvalue weighted by molar-refractivity contribution is -0.113. The van der Waals surface area contributed by atoms with Crippen molar-refractivity contribution in [2.24, 2.45) is 0 Å². The molecule has 0 spiro atoms. The molecule has 0 saturated carbocycles. The van der Waals surface area contributed by atoms with E-state index < -0.39 is 0 Å². The number of nitrogens with zero attached hydrogens (tertiary/aromatic N) is 4. The van der Waals surface area contributed by atoms with Gasteiger partial charge in [-0.05, 0) is 24.6 Å². The molecule has 8 heteroatoms. The molecule has 0 unspecified atom stereocenters. The van der Waals surface area contributed by atoms with Gasteiger partial charge in [0.1, 0.15) is 6.33 Å². The van der Waals surface area contributed by atoms with Crippen LogP contribution in [0.5, 0.6) is 0 Å². The molecule has 118 valence electrons. The van der Waals surface area contributed by atoms with Gasteiger partial charge in [-0.15, -0.1) is 16.8 Å². The van der Waals surface area contributed by atoms with Crippen molar-refractivity contribution in [3.05, 3.63) is 42.7 Å². The summed E-state index contributed by atoms with van der Waals surface area (Å²) in [6, 6.07) is 6.04. The fourth-order valence-corrected chi connectivity index (χ4v) is 3.70. The summed E-state index contributed by atoms with van der Waals surface area (Å²) >= 11 is 2.81. The minimum Gasteiger partial charge on any atom is -0.305 e. The maximum Gasteiger partial charge on any atom is 0.236 e. The van der Waals surface area contributed by atoms with Crippen molar-refractivity contribution in [1.29, 1.82) is 0 Å². The third-order valence-electron chi connectivity index (χ3n) is 3.03. The average Bonchev–Trinajstić information content (AvgIpc) is 3.11. The number of aromatic nitrogens is 4. The normalized spacial score (nSPS) is 10.8. The zero-order chi connectivity index (χ0) is 16.2. The molecule has 0 saturated heterocycles. The van der Waals surface area contributed by atoms with Crippen LogP contribution < -0.4 is 5.32 Å². The van der Waals surface area contributed by atoms with Crippen molar-refractivity contribution in [2.45, 2.75) is 18.6 Å². The maximum atomic E-state index is 12.1. The van der Waals surface area contributed by atoms with Gasteiger partial charge in [0.05, 0.1) is 16.0 Å². The molecule has 0 radical (unpaired) electrons. The lowest BCUT2D eigenvalue weighted by Crippen LogP contribution is -2.14. The summed E-state index contributed by atoms with van der Waals surface area (Å²) in [7, 11) is 0. The van der Waals surface area contributed by atoms with Crippen molar-refractivity contribution in [3.63, 3.8) is 0 Å². The first-order valence-corrected chi connectivity index (χ1v) is 8.74. The fourth-order valence-electron chi connectivity index (χ4n) is 1.99. The number of carbonyl (C=O) groups is 1. The first-order valence-electron chi connectivity index (χ1n) is 6.94. The summed E-state index contributed by atoms with van der Waals surface area (Å²) in [6.07, 6.45) is 3.38. The van der Waals surface area contributed by atoms with Crippen LogP contribution in [0.2, 0.25) is 0 Å². The molecule has 3 rings (SSSR count). The molecule has 0 bridgehead atoms. The van der Waals surface area contributed by atoms with Crippen LogP contribution in [-0.2, 0) is 11.3 Å². The fraction of sp³-hybridized carbons (Fsp3) is 0.200. The van der Waals surface area contributed by atoms with Crippen LogP contribution in [0.1, 0.15) is 5.56 Å². The van der Waals surface area contributed by atoms with E-state index >= 15 is 0 Å². The predicted octanol–water partition coefficient (Wildman–Crippen LogP) is 3.11. The molecule has 23 heavy (non-hydrogen) atoms. The van der Waals surface area contributed by atoms with Crippen molar-refractivity contribution >= 4 is 44.4 Å². The first-order chi connectivity index (χ1) is 11.2. The lowest BCUT2D eigenvalue weighted by atomic mass is 10.2. The second-order valence-corrected chi connectivity index (χ2v) is 6.85. The maximum absolute atomic E-state index is 12.1. The molecule has 1 N–H and O–H groups in total. The molecule has 1 aromatic carbocycles. The molecule has 2 heterocycles. The molecule has 0 aliphatic rings. The molecule has 0 aliphatic carbocycles. The molecular formula is C15H15N5OS2. The number of rotatable bonds is 6. The molecule has 2 aromatic heterocycles. The molecular weight excluding hydrogens is 330 g/mol. The highest BCUT2D eigenvalue weighted by molar-refractivity contribution is 7.99. The van der Waals surface area contributed by atoms with Gasteiger partial charge in [-0.3, -0.25) is 4.79 Å². The summed E-state index contributed by atoms with van der Waals surface area (Å²) in [5, 5.41) is 12.0. The number of benzene rings is 1. The highest BCUT2D eigenvalue weighted by Gasteiger charge is 2.11. The van der Waals surface area contributed by atoms with E-state index in [0.29, 0.717) is 16.8 Å². The van der Waals surface area contributed by atoms with Gasteiger partial charge < -0.3 is 9.88 Å². The van der Waals surface area contributed by atoms with E-state index in [1.165, 1.54) is 28.7 Å². The Balaban J connectivity index is 1.62. The van der Waals surface area contributed by atoms with Crippen LogP contribution >= 0.6 is 23.1 Å². The molecule has 0 aliphatic heterocycles. The van der Waals surface area contributed by atoms with Gasteiger partial charge in [-0.2, -0.15) is 0 Å². The van der Waals surface area contributed by atoms with E-state index in [1.54, 1.807) is 12.4 Å². The van der Waals surface area contributed by atoms with Gasteiger partial charge in [-0.1, -0.05) is 35.2 Å². The molecule has 6 nitrogen and oxygen atoms in total. The van der Waals surface area contributed by atoms with Crippen molar-refractivity contribution in [1.82, 2.24) is 19.7 Å². The van der Waals surface area contributed by atoms with Gasteiger partial charge >= 0.3 is 0 Å². The number of thioether (sulfide) groups is 1. The third-order valence-corrected chi connectivity index (χ3v) is 4.94. The average molecular weight is 345 g/mol. The van der Waals surface area contributed by atoms with E-state index in [9.17, 15) is 4.79 Å². The quantitative estimate of drug-likeness (QED) is 0.549. The van der Waals surface area contributed by atoms with Crippen LogP contribution in [-0.4, -0.2) is 31.4 Å². The Morgan fingerprint density at radius 2 is 2.39 bits per heavy atom. The second-order valence-electron chi connectivity index (χ2n) is 4.88. The summed E-state index contributed by atoms with van der Waals surface area (Å²) in [5.41, 5.74) is 2.07. The van der Waals surface area contributed by atoms with Gasteiger partial charge in [0.15, 0.2) is 10.3 Å². The van der Waals surface area contributed by atoms with Crippen molar-refractivity contribution < 1.29 is 4.79 Å². The van der Waals surface area contributed by atoms with Gasteiger partial charge in [-0.25, -0.2) is 4.98 Å². The SMILES string of the molecule is C=CCn1cnnc1SCC(=O)Nc1nc2ccc(C)cc2s1. The van der Waals surface area contributed by atoms with Gasteiger partial charge in [0.25, 0.3) is 0 Å². The Morgan fingerprint density at radius 3 is 3.22 bits per heavy atom. The summed E-state index contributed by atoms with van der Waals surface area (Å²) in [5.74, 6) is 0.143. The van der Waals surface area contributed by atoms with E-state index in [4.69, 9.17) is 0 Å². The second kappa shape index (κ2) is 6.93. The predicted molar refractivity (Wildman–Crippen MR) is 93.9 cm³/mol. The minimum absolute atomic E-state index is 0.112. The van der Waals surface area contributed by atoms with Gasteiger partial charge in [0, 0.05) is 6.54 Å². The number of allylic oxidation sites excluding steroid dienone is 1. The molecule has 3 aromatic rings. The van der Waals surface area contributed by atoms with E-state index in [0.717, 1.165) is 10.2 Å². The van der Waals surface area contributed by atoms with Crippen LogP contribution in [0.3, 0.4) is 0 Å². The summed E-state index contributed by atoms with van der Waals surface area (Å²) in [4.78, 5) is 16.5. The Kier molecular flexibility index (Phi) is 4.73. The number of fused-ring (bicyclic) bond motifs is 1. The van der Waals surface area contributed by atoms with Crippen LogP contribution in [0.4, 0.5) is 5.13 Å². The number of carbonyl (C=O) groups excluding carboxylic acids is 1. The standard InChI is InChI=1S/C15H15N5OS2/c1-3-6-20-9-16-19-15(20)22-8-13(21)18-14-17-11-5-4-10(2)7-12(11)23-14/h3-5,7,9H,1,6,8H2,2H3,(H,17,18,21). The largest absolute Gasteiger partial charge is 0.305 e. The van der Waals surface area contributed by atoms with E-state index in [-0.39, 0.29) is 11.7 Å². The number of aryl methyl sites for hydroxylation is 1. The Hall–Kier alpha value is -2.19. The number of hydrogen-bond acceptors (Lipinski definition) is 6. The zero-order valence-corrected chi connectivity index (χ0v) is 14.2. The molecule has 0 fully saturated rings. The number of nitrogens with one attached hydrogen (secondary N) is 1. The number of thiazole rings is 1. The topological polar surface area (TPSA) is 72.7 Å². The lowest BCUT2D eigenvalue weighted by Gasteiger charge is -2.03. The molecule has 1 amide bonds. The summed E-state index contributed by atoms with van der Waals surface area (Å²) < 4.78 is 2.91. The smallest absolute Gasteiger partial charge is 0.236 e. The number of anilines is 1. The Bertz CT molecular complexity index is 855. The van der Waals surface area contributed by atoms with Crippen molar-refractivity contribution in [2.75, 3.05) is 11.1 Å². The highest BCUT2D eigenvalue weighted by Crippen LogP contribution is 2.27. The van der Waals surface area contributed by atoms with E-state index in [2.05, 4.69) is 33.1 Å². The number of amides is 1.